The molecule has 1 aliphatic heterocycles. The van der Waals surface area contributed by atoms with Crippen LogP contribution in [0.5, 0.6) is 0 Å². The number of amides is 2. The molecule has 23 heavy (non-hydrogen) atoms. The van der Waals surface area contributed by atoms with E-state index in [0.717, 1.165) is 25.7 Å². The fourth-order valence-corrected chi connectivity index (χ4v) is 3.05. The number of carbonyl (C=O) groups excluding carboxylic acids is 2. The average Bonchev–Trinajstić information content (AvgIpc) is 2.55. The third-order valence-corrected chi connectivity index (χ3v) is 4.29. The summed E-state index contributed by atoms with van der Waals surface area (Å²) in [7, 11) is 0. The average molecular weight is 320 g/mol. The molecule has 126 valence electrons. The molecule has 0 aromatic heterocycles. The number of hydrogen-bond acceptors (Lipinski definition) is 2. The van der Waals surface area contributed by atoms with Gasteiger partial charge in [0, 0.05) is 19.1 Å². The fraction of sp³-hybridized carbons (Fsp3) is 0.556. The minimum Gasteiger partial charge on any atom is -0.353 e. The lowest BCUT2D eigenvalue weighted by Gasteiger charge is -2.32. The summed E-state index contributed by atoms with van der Waals surface area (Å²) in [6.07, 6.45) is 3.49. The molecule has 2 amide bonds. The predicted octanol–water partition coefficient (Wildman–Crippen LogP) is 2.98. The quantitative estimate of drug-likeness (QED) is 0.907. The van der Waals surface area contributed by atoms with E-state index in [-0.39, 0.29) is 29.3 Å². The number of benzene rings is 1. The normalized spacial score (nSPS) is 19.3. The molecule has 5 heteroatoms. The molecule has 0 saturated carbocycles. The maximum atomic E-state index is 13.8. The highest BCUT2D eigenvalue weighted by Gasteiger charge is 2.30. The van der Waals surface area contributed by atoms with E-state index >= 15 is 0 Å². The summed E-state index contributed by atoms with van der Waals surface area (Å²) in [5.41, 5.74) is 0.0768. The predicted molar refractivity (Wildman–Crippen MR) is 87.5 cm³/mol. The van der Waals surface area contributed by atoms with Crippen molar-refractivity contribution in [3.8, 4) is 0 Å². The molecular weight excluding hydrogens is 295 g/mol. The molecule has 2 atom stereocenters. The van der Waals surface area contributed by atoms with E-state index in [4.69, 9.17) is 0 Å². The highest BCUT2D eigenvalue weighted by Crippen LogP contribution is 2.20. The summed E-state index contributed by atoms with van der Waals surface area (Å²) < 4.78 is 13.8. The van der Waals surface area contributed by atoms with Crippen molar-refractivity contribution in [3.05, 3.63) is 35.6 Å². The van der Waals surface area contributed by atoms with Crippen molar-refractivity contribution >= 4 is 11.8 Å². The van der Waals surface area contributed by atoms with Gasteiger partial charge in [0.1, 0.15) is 5.82 Å². The van der Waals surface area contributed by atoms with Gasteiger partial charge in [0.15, 0.2) is 0 Å². The van der Waals surface area contributed by atoms with Gasteiger partial charge in [0.05, 0.1) is 11.5 Å². The van der Waals surface area contributed by atoms with Gasteiger partial charge in [-0.2, -0.15) is 0 Å². The summed E-state index contributed by atoms with van der Waals surface area (Å²) in [6.45, 7) is 5.00. The summed E-state index contributed by atoms with van der Waals surface area (Å²) in [5, 5.41) is 3.01. The van der Waals surface area contributed by atoms with E-state index in [1.165, 1.54) is 12.1 Å². The molecular formula is C18H25FN2O2. The molecule has 1 N–H and O–H groups in total. The van der Waals surface area contributed by atoms with Gasteiger partial charge in [-0.25, -0.2) is 4.39 Å². The Hall–Kier alpha value is -1.91. The Morgan fingerprint density at radius 3 is 2.83 bits per heavy atom. The van der Waals surface area contributed by atoms with E-state index in [1.807, 2.05) is 6.92 Å². The van der Waals surface area contributed by atoms with Crippen molar-refractivity contribution in [2.24, 2.45) is 5.92 Å². The summed E-state index contributed by atoms with van der Waals surface area (Å²) in [6, 6.07) is 6.13. The van der Waals surface area contributed by atoms with Crippen LogP contribution in [-0.4, -0.2) is 35.8 Å². The monoisotopic (exact) mass is 320 g/mol. The molecule has 1 saturated heterocycles. The molecule has 2 rings (SSSR count). The largest absolute Gasteiger partial charge is 0.353 e. The van der Waals surface area contributed by atoms with Crippen molar-refractivity contribution in [1.29, 1.82) is 0 Å². The number of nitrogens with zero attached hydrogens (tertiary/aromatic N) is 1. The first-order valence-electron chi connectivity index (χ1n) is 8.37. The van der Waals surface area contributed by atoms with Gasteiger partial charge >= 0.3 is 0 Å². The van der Waals surface area contributed by atoms with E-state index in [2.05, 4.69) is 12.2 Å². The number of piperidine rings is 1. The molecule has 0 radical (unpaired) electrons. The van der Waals surface area contributed by atoms with Crippen LogP contribution in [0.4, 0.5) is 4.39 Å². The maximum absolute atomic E-state index is 13.8. The van der Waals surface area contributed by atoms with Crippen molar-refractivity contribution in [3.63, 3.8) is 0 Å². The van der Waals surface area contributed by atoms with Gasteiger partial charge in [-0.1, -0.05) is 25.5 Å². The van der Waals surface area contributed by atoms with Crippen LogP contribution in [0.15, 0.2) is 24.3 Å². The Kier molecular flexibility index (Phi) is 6.13. The maximum Gasteiger partial charge on any atom is 0.256 e. The molecule has 1 aromatic carbocycles. The number of carbonyl (C=O) groups is 2. The number of likely N-dealkylation sites (tertiary alicyclic amines) is 1. The molecule has 4 nitrogen and oxygen atoms in total. The molecule has 0 unspecified atom stereocenters. The summed E-state index contributed by atoms with van der Waals surface area (Å²) in [5.74, 6) is -1.06. The third kappa shape index (κ3) is 4.53. The number of halogens is 1. The summed E-state index contributed by atoms with van der Waals surface area (Å²) in [4.78, 5) is 26.4. The Morgan fingerprint density at radius 2 is 2.13 bits per heavy atom. The van der Waals surface area contributed by atoms with Crippen molar-refractivity contribution in [2.75, 3.05) is 13.1 Å². The van der Waals surface area contributed by atoms with Crippen LogP contribution in [0.2, 0.25) is 0 Å². The molecule has 0 bridgehead atoms. The van der Waals surface area contributed by atoms with E-state index in [1.54, 1.807) is 17.0 Å². The van der Waals surface area contributed by atoms with Crippen LogP contribution >= 0.6 is 0 Å². The van der Waals surface area contributed by atoms with Crippen molar-refractivity contribution < 1.29 is 14.0 Å². The number of rotatable bonds is 5. The van der Waals surface area contributed by atoms with Crippen molar-refractivity contribution in [2.45, 2.75) is 45.6 Å². The SMILES string of the molecule is CCC[C@@H](C)NC(=O)[C@H]1CCCN(C(=O)c2ccccc2F)C1. The van der Waals surface area contributed by atoms with Gasteiger partial charge < -0.3 is 10.2 Å². The first-order valence-corrected chi connectivity index (χ1v) is 8.37. The standard InChI is InChI=1S/C18H25FN2O2/c1-3-7-13(2)20-17(22)14-8-6-11-21(12-14)18(23)15-9-4-5-10-16(15)19/h4-5,9-10,13-14H,3,6-8,11-12H2,1-2H3,(H,20,22)/t13-,14+/m1/s1. The zero-order chi connectivity index (χ0) is 16.8. The third-order valence-electron chi connectivity index (χ3n) is 4.29. The lowest BCUT2D eigenvalue weighted by atomic mass is 9.96. The molecule has 1 heterocycles. The van der Waals surface area contributed by atoms with Crippen LogP contribution in [-0.2, 0) is 4.79 Å². The van der Waals surface area contributed by atoms with E-state index < -0.39 is 5.82 Å². The van der Waals surface area contributed by atoms with Crippen LogP contribution in [0.25, 0.3) is 0 Å². The second-order valence-electron chi connectivity index (χ2n) is 6.27. The molecule has 1 aliphatic rings. The minimum atomic E-state index is -0.513. The second kappa shape index (κ2) is 8.09. The van der Waals surface area contributed by atoms with Crippen LogP contribution in [0.1, 0.15) is 49.9 Å². The van der Waals surface area contributed by atoms with Gasteiger partial charge in [-0.05, 0) is 38.3 Å². The Morgan fingerprint density at radius 1 is 1.39 bits per heavy atom. The molecule has 1 aromatic rings. The topological polar surface area (TPSA) is 49.4 Å². The Balaban J connectivity index is 1.99. The van der Waals surface area contributed by atoms with Gasteiger partial charge in [-0.3, -0.25) is 9.59 Å². The van der Waals surface area contributed by atoms with Crippen LogP contribution in [0.3, 0.4) is 0 Å². The van der Waals surface area contributed by atoms with E-state index in [0.29, 0.717) is 13.1 Å². The number of nitrogens with one attached hydrogen (secondary N) is 1. The lowest BCUT2D eigenvalue weighted by Crippen LogP contribution is -2.47. The highest BCUT2D eigenvalue weighted by atomic mass is 19.1. The first kappa shape index (κ1) is 17.4. The molecule has 0 spiro atoms. The summed E-state index contributed by atoms with van der Waals surface area (Å²) >= 11 is 0. The molecule has 1 fully saturated rings. The zero-order valence-corrected chi connectivity index (χ0v) is 13.8. The second-order valence-corrected chi connectivity index (χ2v) is 6.27. The Labute approximate surface area is 137 Å². The first-order chi connectivity index (χ1) is 11.0. The molecule has 0 aliphatic carbocycles. The number of hydrogen-bond donors (Lipinski definition) is 1. The van der Waals surface area contributed by atoms with Gasteiger partial charge in [0.2, 0.25) is 5.91 Å². The van der Waals surface area contributed by atoms with Crippen LogP contribution < -0.4 is 5.32 Å². The van der Waals surface area contributed by atoms with Crippen LogP contribution in [0, 0.1) is 11.7 Å². The zero-order valence-electron chi connectivity index (χ0n) is 13.8. The fourth-order valence-electron chi connectivity index (χ4n) is 3.05. The van der Waals surface area contributed by atoms with Gasteiger partial charge in [0.25, 0.3) is 5.91 Å². The highest BCUT2D eigenvalue weighted by molar-refractivity contribution is 5.95. The van der Waals surface area contributed by atoms with E-state index in [9.17, 15) is 14.0 Å². The smallest absolute Gasteiger partial charge is 0.256 e. The van der Waals surface area contributed by atoms with Gasteiger partial charge in [-0.15, -0.1) is 0 Å². The minimum absolute atomic E-state index is 0.00279. The van der Waals surface area contributed by atoms with Crippen molar-refractivity contribution in [1.82, 2.24) is 10.2 Å². The lowest BCUT2D eigenvalue weighted by molar-refractivity contribution is -0.127. The Bertz CT molecular complexity index is 562.